The third-order valence-corrected chi connectivity index (χ3v) is 25.9. The van der Waals surface area contributed by atoms with Crippen LogP contribution in [0.25, 0.3) is 10.8 Å². The Bertz CT molecular complexity index is 3350. The van der Waals surface area contributed by atoms with Crippen molar-refractivity contribution in [1.82, 2.24) is 0 Å². The van der Waals surface area contributed by atoms with Gasteiger partial charge in [0.25, 0.3) is 0 Å². The molecule has 0 aromatic heterocycles. The van der Waals surface area contributed by atoms with Gasteiger partial charge < -0.3 is 29.2 Å². The molecule has 20 atom stereocenters. The predicted molar refractivity (Wildman–Crippen MR) is 415 cm³/mol. The molecule has 8 aliphatic carbocycles. The van der Waals surface area contributed by atoms with Gasteiger partial charge >= 0.3 is 0 Å². The number of hydrogen-bond donors (Lipinski definition) is 2. The molecule has 6 saturated carbocycles. The van der Waals surface area contributed by atoms with Crippen molar-refractivity contribution < 1.29 is 29.2 Å². The molecule has 99 heavy (non-hydrogen) atoms. The van der Waals surface area contributed by atoms with Crippen LogP contribution in [0.5, 0.6) is 23.0 Å². The Kier molecular flexibility index (Phi) is 26.9. The summed E-state index contributed by atoms with van der Waals surface area (Å²) in [4.78, 5) is 0. The summed E-state index contributed by atoms with van der Waals surface area (Å²) in [6.45, 7) is 35.9. The summed E-state index contributed by atoms with van der Waals surface area (Å²) in [5.74, 6) is 16.0. The maximum atomic E-state index is 9.01. The summed E-state index contributed by atoms with van der Waals surface area (Å²) in [6, 6.07) is 54.3. The van der Waals surface area contributed by atoms with Crippen molar-refractivity contribution in [2.75, 3.05) is 0 Å². The molecule has 0 saturated heterocycles. The minimum Gasteiger partial charge on any atom is -0.508 e. The number of rotatable bonds is 18. The first-order chi connectivity index (χ1) is 47.7. The van der Waals surface area contributed by atoms with Gasteiger partial charge in [0.05, 0.1) is 12.2 Å². The Balaban J connectivity index is 0.000000134. The summed E-state index contributed by atoms with van der Waals surface area (Å²) in [7, 11) is 0. The van der Waals surface area contributed by atoms with Crippen molar-refractivity contribution in [1.29, 1.82) is 0 Å². The number of ether oxygens (including phenoxy) is 4. The van der Waals surface area contributed by atoms with E-state index in [1.807, 2.05) is 24.3 Å². The Hall–Kier alpha value is -6.08. The summed E-state index contributed by atoms with van der Waals surface area (Å²) < 4.78 is 25.8. The summed E-state index contributed by atoms with van der Waals surface area (Å²) >= 11 is 0. The fraction of sp³-hybridized carbons (Fsp3) is 0.570. The van der Waals surface area contributed by atoms with Crippen LogP contribution in [0.1, 0.15) is 287 Å². The quantitative estimate of drug-likeness (QED) is 0.0834. The Morgan fingerprint density at radius 1 is 0.374 bits per heavy atom. The van der Waals surface area contributed by atoms with Crippen molar-refractivity contribution in [2.24, 2.45) is 65.1 Å². The van der Waals surface area contributed by atoms with Crippen molar-refractivity contribution in [3.05, 3.63) is 202 Å². The first-order valence-electron chi connectivity index (χ1n) is 39.7. The van der Waals surface area contributed by atoms with E-state index in [-0.39, 0.29) is 12.6 Å². The van der Waals surface area contributed by atoms with Gasteiger partial charge in [0, 0.05) is 11.8 Å². The molecule has 7 aromatic carbocycles. The summed E-state index contributed by atoms with van der Waals surface area (Å²) in [5.41, 5.74) is 11.6. The van der Waals surface area contributed by atoms with Crippen molar-refractivity contribution in [3.63, 3.8) is 0 Å². The van der Waals surface area contributed by atoms with Crippen molar-refractivity contribution in [2.45, 2.75) is 273 Å². The summed E-state index contributed by atoms with van der Waals surface area (Å²) in [5, 5.41) is 20.9. The van der Waals surface area contributed by atoms with E-state index in [9.17, 15) is 0 Å². The Morgan fingerprint density at radius 2 is 0.727 bits per heavy atom. The molecule has 6 fully saturated rings. The average Bonchev–Trinajstić information content (AvgIpc) is 1.61. The fourth-order valence-corrected chi connectivity index (χ4v) is 18.6. The van der Waals surface area contributed by atoms with Crippen LogP contribution in [0.2, 0.25) is 0 Å². The van der Waals surface area contributed by atoms with Gasteiger partial charge in [0.1, 0.15) is 23.0 Å². The molecular formula is C93H128O6. The minimum absolute atomic E-state index is 0.131. The second-order valence-electron chi connectivity index (χ2n) is 32.7. The highest BCUT2D eigenvalue weighted by Gasteiger charge is 2.56. The van der Waals surface area contributed by atoms with E-state index in [4.69, 9.17) is 29.2 Å². The number of fused-ring (bicyclic) bond motifs is 11. The molecule has 6 nitrogen and oxygen atoms in total. The average molecular weight is 1340 g/mol. The molecule has 0 aliphatic heterocycles. The van der Waals surface area contributed by atoms with Crippen LogP contribution in [0.15, 0.2) is 158 Å². The largest absolute Gasteiger partial charge is 0.508 e. The molecular weight excluding hydrogens is 1210 g/mol. The van der Waals surface area contributed by atoms with Crippen LogP contribution < -0.4 is 9.47 Å². The van der Waals surface area contributed by atoms with Gasteiger partial charge in [-0.15, -0.1) is 0 Å². The zero-order valence-electron chi connectivity index (χ0n) is 63.8. The molecule has 0 heterocycles. The van der Waals surface area contributed by atoms with Crippen LogP contribution in [0.3, 0.4) is 0 Å². The van der Waals surface area contributed by atoms with Crippen LogP contribution in [-0.4, -0.2) is 35.0 Å². The first kappa shape index (κ1) is 75.6. The molecule has 4 bridgehead atoms. The molecule has 0 spiro atoms. The lowest BCUT2D eigenvalue weighted by Gasteiger charge is -2.35. The number of benzene rings is 7. The fourth-order valence-electron chi connectivity index (χ4n) is 18.6. The first-order valence-corrected chi connectivity index (χ1v) is 39.7. The van der Waals surface area contributed by atoms with Gasteiger partial charge in [-0.3, -0.25) is 0 Å². The van der Waals surface area contributed by atoms with Crippen LogP contribution >= 0.6 is 0 Å². The molecule has 6 heteroatoms. The third-order valence-electron chi connectivity index (χ3n) is 25.9. The van der Waals surface area contributed by atoms with Gasteiger partial charge in [0.2, 0.25) is 12.6 Å². The lowest BCUT2D eigenvalue weighted by molar-refractivity contribution is -0.162. The minimum atomic E-state index is -0.131. The van der Waals surface area contributed by atoms with E-state index in [1.165, 1.54) is 128 Å². The molecule has 7 aromatic rings. The molecule has 0 amide bonds. The van der Waals surface area contributed by atoms with Gasteiger partial charge in [-0.25, -0.2) is 0 Å². The third kappa shape index (κ3) is 18.4. The van der Waals surface area contributed by atoms with E-state index in [1.54, 1.807) is 35.4 Å². The monoisotopic (exact) mass is 1340 g/mol. The zero-order valence-corrected chi connectivity index (χ0v) is 63.8. The number of phenols is 2. The second kappa shape index (κ2) is 35.2. The molecule has 15 rings (SSSR count). The second-order valence-corrected chi connectivity index (χ2v) is 32.7. The lowest BCUT2D eigenvalue weighted by Crippen LogP contribution is -2.37. The van der Waals surface area contributed by atoms with Crippen molar-refractivity contribution >= 4 is 10.8 Å². The maximum Gasteiger partial charge on any atom is 0.202 e. The highest BCUT2D eigenvalue weighted by Crippen LogP contribution is 2.61. The highest BCUT2D eigenvalue weighted by molar-refractivity contribution is 5.92. The van der Waals surface area contributed by atoms with Gasteiger partial charge in [-0.1, -0.05) is 233 Å². The zero-order chi connectivity index (χ0) is 70.6. The normalized spacial score (nSPS) is 27.8. The molecule has 20 unspecified atom stereocenters. The van der Waals surface area contributed by atoms with Crippen LogP contribution in [0.4, 0.5) is 0 Å². The van der Waals surface area contributed by atoms with E-state index < -0.39 is 0 Å². The number of aromatic hydroxyl groups is 2. The Labute approximate surface area is 600 Å². The van der Waals surface area contributed by atoms with E-state index in [0.29, 0.717) is 71.1 Å². The maximum absolute atomic E-state index is 9.01. The SMILES string of the molecule is CC1Cc2ccccc2C1C.CC1c2cccc3cccc(c23)C1C.CCC(C)c1ccc(O)cc1.CCC(C)c1ccc(O)cc1.CCC(C)c1ccc(OC(OC2CC3CC2C2CCCC32)C(C)C)cc1.CCC(C)c1ccc(OC(OC2CC3CC2C2CCCC32)C(C)C)cc1. The molecule has 2 N–H and O–H groups in total. The molecule has 8 aliphatic rings. The van der Waals surface area contributed by atoms with Crippen LogP contribution in [0, 0.1) is 65.1 Å². The predicted octanol–water partition coefficient (Wildman–Crippen LogP) is 25.7. The number of phenolic OH excluding ortho intramolecular Hbond substituents is 2. The summed E-state index contributed by atoms with van der Waals surface area (Å²) in [6.07, 6.45) is 20.6. The van der Waals surface area contributed by atoms with Gasteiger partial charge in [-0.2, -0.15) is 0 Å². The molecule has 536 valence electrons. The standard InChI is InChI=1S/2C24H36O2.C14H14.C11H14.2C10H14O/c2*1-5-16(4)17-9-11-19(12-10-17)25-24(15(2)3)26-23-14-18-13-22(23)21-8-6-7-20(18)21;1-9-10(2)13-8-4-6-11-5-3-7-12(9)14(11)13;1-8-7-10-5-3-4-6-11(10)9(8)2;2*1-3-8(2)9-4-6-10(11)7-5-9/h2*9-12,15-16,18,20-24H,5-8,13-14H2,1-4H3;3-10H,1-2H3;3-6,8-9H,7H2,1-2H3;2*4-8,11H,3H2,1-2H3. The van der Waals surface area contributed by atoms with Gasteiger partial charge in [-0.05, 0) is 282 Å². The lowest BCUT2D eigenvalue weighted by atomic mass is 9.80. The van der Waals surface area contributed by atoms with E-state index >= 15 is 0 Å². The van der Waals surface area contributed by atoms with Gasteiger partial charge in [0.15, 0.2) is 0 Å². The highest BCUT2D eigenvalue weighted by atomic mass is 16.7. The van der Waals surface area contributed by atoms with Crippen molar-refractivity contribution in [3.8, 4) is 23.0 Å². The number of hydrogen-bond acceptors (Lipinski definition) is 6. The van der Waals surface area contributed by atoms with Crippen LogP contribution in [-0.2, 0) is 15.9 Å². The van der Waals surface area contributed by atoms with E-state index in [2.05, 4.69) is 220 Å². The Morgan fingerprint density at radius 3 is 1.09 bits per heavy atom. The molecule has 0 radical (unpaired) electrons. The van der Waals surface area contributed by atoms with E-state index in [0.717, 1.165) is 83.5 Å². The smallest absolute Gasteiger partial charge is 0.202 e. The topological polar surface area (TPSA) is 77.4 Å².